The number of fused-ring (bicyclic) bond motifs is 3. The largest absolute Gasteiger partial charge is 0.506 e. The van der Waals surface area contributed by atoms with Crippen LogP contribution in [0.3, 0.4) is 0 Å². The SMILES string of the molecule is CCc1ccc(N2C(=O)C3Sc4ccccc4C3=[N+](CC(=O)NC3CCCCC3)C2=O)cc1. The monoisotopic (exact) mass is 462 g/mol. The molecule has 1 saturated carbocycles. The van der Waals surface area contributed by atoms with Crippen molar-refractivity contribution >= 4 is 41.0 Å². The van der Waals surface area contributed by atoms with Crippen LogP contribution in [0.5, 0.6) is 0 Å². The number of thioether (sulfide) groups is 1. The van der Waals surface area contributed by atoms with Gasteiger partial charge in [0.15, 0.2) is 11.8 Å². The third kappa shape index (κ3) is 4.10. The number of carbonyl (C=O) groups excluding carboxylic acids is 3. The molecule has 1 atom stereocenters. The van der Waals surface area contributed by atoms with Gasteiger partial charge in [0, 0.05) is 16.5 Å². The van der Waals surface area contributed by atoms with Crippen LogP contribution in [-0.2, 0) is 16.0 Å². The van der Waals surface area contributed by atoms with E-state index >= 15 is 0 Å². The molecule has 2 aromatic carbocycles. The standard InChI is InChI=1S/C26H27N3O3S/c1-2-17-12-14-19(15-13-17)29-25(31)24-23(20-10-6-7-11-21(20)33-24)28(26(29)32)16-22(30)27-18-8-4-3-5-9-18/h6-7,10-15,18,24H,2-5,8-9,16H2,1H3/p+1. The number of rotatable bonds is 5. The molecule has 1 N–H and O–H groups in total. The summed E-state index contributed by atoms with van der Waals surface area (Å²) in [5.74, 6) is -0.434. The van der Waals surface area contributed by atoms with Crippen LogP contribution in [0, 0.1) is 0 Å². The number of amides is 4. The van der Waals surface area contributed by atoms with Gasteiger partial charge < -0.3 is 5.32 Å². The van der Waals surface area contributed by atoms with Gasteiger partial charge in [-0.15, -0.1) is 16.7 Å². The summed E-state index contributed by atoms with van der Waals surface area (Å²) in [5, 5.41) is 2.57. The minimum atomic E-state index is -0.548. The lowest BCUT2D eigenvalue weighted by molar-refractivity contribution is -0.416. The van der Waals surface area contributed by atoms with Crippen LogP contribution in [0.4, 0.5) is 10.5 Å². The van der Waals surface area contributed by atoms with Gasteiger partial charge in [-0.1, -0.05) is 50.5 Å². The lowest BCUT2D eigenvalue weighted by Gasteiger charge is -2.26. The van der Waals surface area contributed by atoms with Crippen molar-refractivity contribution in [3.8, 4) is 0 Å². The van der Waals surface area contributed by atoms with Gasteiger partial charge in [0.2, 0.25) is 0 Å². The van der Waals surface area contributed by atoms with Crippen molar-refractivity contribution in [1.29, 1.82) is 0 Å². The zero-order chi connectivity index (χ0) is 22.9. The Hall–Kier alpha value is -2.93. The average Bonchev–Trinajstić information content (AvgIpc) is 3.23. The highest BCUT2D eigenvalue weighted by Gasteiger charge is 2.53. The number of urea groups is 1. The summed E-state index contributed by atoms with van der Waals surface area (Å²) >= 11 is 1.45. The number of nitrogens with zero attached hydrogens (tertiary/aromatic N) is 2. The Balaban J connectivity index is 1.51. The molecule has 1 fully saturated rings. The second-order valence-corrected chi connectivity index (χ2v) is 9.99. The predicted octanol–water partition coefficient (Wildman–Crippen LogP) is 4.14. The van der Waals surface area contributed by atoms with Crippen LogP contribution in [0.1, 0.15) is 50.2 Å². The zero-order valence-electron chi connectivity index (χ0n) is 18.8. The summed E-state index contributed by atoms with van der Waals surface area (Å²) in [6, 6.07) is 14.9. The lowest BCUT2D eigenvalue weighted by Crippen LogP contribution is -2.57. The molecule has 4 amide bonds. The van der Waals surface area contributed by atoms with E-state index in [-0.39, 0.29) is 24.4 Å². The Labute approximate surface area is 198 Å². The minimum absolute atomic E-state index is 0.0904. The number of carbonyl (C=O) groups is 3. The van der Waals surface area contributed by atoms with Crippen molar-refractivity contribution in [2.45, 2.75) is 61.6 Å². The summed E-state index contributed by atoms with van der Waals surface area (Å²) in [7, 11) is 0. The quantitative estimate of drug-likeness (QED) is 0.678. The first kappa shape index (κ1) is 21.9. The first-order chi connectivity index (χ1) is 16.1. The zero-order valence-corrected chi connectivity index (χ0v) is 19.6. The van der Waals surface area contributed by atoms with E-state index < -0.39 is 11.3 Å². The maximum atomic E-state index is 13.7. The topological polar surface area (TPSA) is 69.5 Å². The van der Waals surface area contributed by atoms with Gasteiger partial charge in [-0.2, -0.15) is 9.37 Å². The molecule has 0 radical (unpaired) electrons. The van der Waals surface area contributed by atoms with Crippen LogP contribution in [0.25, 0.3) is 0 Å². The van der Waals surface area contributed by atoms with Gasteiger partial charge in [-0.3, -0.25) is 4.79 Å². The predicted molar refractivity (Wildman–Crippen MR) is 129 cm³/mol. The Morgan fingerprint density at radius 1 is 1.06 bits per heavy atom. The summed E-state index contributed by atoms with van der Waals surface area (Å²) in [4.78, 5) is 42.4. The van der Waals surface area contributed by atoms with E-state index in [9.17, 15) is 14.4 Å². The molecule has 0 bridgehead atoms. The van der Waals surface area contributed by atoms with Crippen LogP contribution < -0.4 is 10.2 Å². The van der Waals surface area contributed by atoms with Gasteiger partial charge in [-0.05, 0) is 49.1 Å². The van der Waals surface area contributed by atoms with Crippen molar-refractivity contribution in [2.24, 2.45) is 0 Å². The van der Waals surface area contributed by atoms with Crippen LogP contribution in [-0.4, -0.2) is 46.0 Å². The highest BCUT2D eigenvalue weighted by Crippen LogP contribution is 2.40. The second-order valence-electron chi connectivity index (χ2n) is 8.84. The molecule has 7 heteroatoms. The molecular weight excluding hydrogens is 434 g/mol. The Bertz CT molecular complexity index is 1140. The normalized spacial score (nSPS) is 20.6. The van der Waals surface area contributed by atoms with Gasteiger partial charge in [0.25, 0.3) is 5.91 Å². The van der Waals surface area contributed by atoms with Crippen LogP contribution in [0.2, 0.25) is 0 Å². The molecule has 1 unspecified atom stereocenters. The Morgan fingerprint density at radius 3 is 2.52 bits per heavy atom. The van der Waals surface area contributed by atoms with E-state index in [1.807, 2.05) is 48.5 Å². The number of nitrogens with one attached hydrogen (secondary N) is 1. The number of anilines is 1. The van der Waals surface area contributed by atoms with Crippen molar-refractivity contribution < 1.29 is 19.0 Å². The smallest absolute Gasteiger partial charge is 0.350 e. The van der Waals surface area contributed by atoms with E-state index in [0.717, 1.165) is 48.1 Å². The minimum Gasteiger partial charge on any atom is -0.350 e. The molecule has 0 aromatic heterocycles. The van der Waals surface area contributed by atoms with Gasteiger partial charge in [0.05, 0.1) is 0 Å². The van der Waals surface area contributed by atoms with Crippen molar-refractivity contribution in [3.63, 3.8) is 0 Å². The van der Waals surface area contributed by atoms with Crippen LogP contribution >= 0.6 is 11.8 Å². The van der Waals surface area contributed by atoms with Crippen molar-refractivity contribution in [3.05, 3.63) is 59.7 Å². The van der Waals surface area contributed by atoms with E-state index in [2.05, 4.69) is 12.2 Å². The molecule has 2 aliphatic heterocycles. The van der Waals surface area contributed by atoms with Gasteiger partial charge in [0.1, 0.15) is 11.4 Å². The summed E-state index contributed by atoms with van der Waals surface area (Å²) < 4.78 is 1.51. The van der Waals surface area contributed by atoms with Gasteiger partial charge in [-0.25, -0.2) is 4.79 Å². The fraction of sp³-hybridized carbons (Fsp3) is 0.385. The molecule has 2 heterocycles. The highest BCUT2D eigenvalue weighted by atomic mass is 32.2. The third-order valence-electron chi connectivity index (χ3n) is 6.69. The maximum Gasteiger partial charge on any atom is 0.506 e. The van der Waals surface area contributed by atoms with Crippen molar-refractivity contribution in [2.75, 3.05) is 11.4 Å². The summed E-state index contributed by atoms with van der Waals surface area (Å²) in [6.07, 6.45) is 6.28. The molecule has 5 rings (SSSR count). The molecule has 170 valence electrons. The molecule has 33 heavy (non-hydrogen) atoms. The third-order valence-corrected chi connectivity index (χ3v) is 7.96. The van der Waals surface area contributed by atoms with E-state index in [4.69, 9.17) is 0 Å². The van der Waals surface area contributed by atoms with E-state index in [1.165, 1.54) is 27.7 Å². The first-order valence-electron chi connectivity index (χ1n) is 11.7. The number of hydrogen-bond acceptors (Lipinski definition) is 4. The lowest BCUT2D eigenvalue weighted by atomic mass is 9.95. The maximum absolute atomic E-state index is 13.7. The Morgan fingerprint density at radius 2 is 1.79 bits per heavy atom. The fourth-order valence-corrected chi connectivity index (χ4v) is 6.21. The van der Waals surface area contributed by atoms with E-state index in [1.54, 1.807) is 0 Å². The number of hydrogen-bond donors (Lipinski definition) is 1. The fourth-order valence-electron chi connectivity index (χ4n) is 4.93. The molecule has 3 aliphatic rings. The molecule has 0 spiro atoms. The first-order valence-corrected chi connectivity index (χ1v) is 12.6. The molecular formula is C26H28N3O3S+. The summed E-state index contributed by atoms with van der Waals surface area (Å²) in [5.41, 5.74) is 3.16. The van der Waals surface area contributed by atoms with E-state index in [0.29, 0.717) is 11.4 Å². The Kier molecular flexibility index (Phi) is 6.06. The molecule has 0 saturated heterocycles. The molecule has 6 nitrogen and oxygen atoms in total. The second kappa shape index (κ2) is 9.14. The highest BCUT2D eigenvalue weighted by molar-refractivity contribution is 8.02. The number of aryl methyl sites for hydroxylation is 1. The van der Waals surface area contributed by atoms with Gasteiger partial charge >= 0.3 is 11.9 Å². The molecule has 1 aliphatic carbocycles. The number of imide groups is 1. The van der Waals surface area contributed by atoms with Crippen LogP contribution in [0.15, 0.2) is 53.4 Å². The molecule has 2 aromatic rings. The average molecular weight is 463 g/mol. The number of benzene rings is 2. The van der Waals surface area contributed by atoms with Crippen molar-refractivity contribution in [1.82, 2.24) is 5.32 Å². The summed E-state index contributed by atoms with van der Waals surface area (Å²) in [6.45, 7) is 1.97.